The molecule has 0 bridgehead atoms. The van der Waals surface area contributed by atoms with Gasteiger partial charge in [0.05, 0.1) is 0 Å². The summed E-state index contributed by atoms with van der Waals surface area (Å²) in [6.45, 7) is 0.628. The first-order chi connectivity index (χ1) is 9.61. The number of nitrogens with two attached hydrogens (primary N) is 1. The Morgan fingerprint density at radius 3 is 2.70 bits per heavy atom. The van der Waals surface area contributed by atoms with E-state index in [4.69, 9.17) is 5.73 Å². The number of rotatable bonds is 3. The predicted molar refractivity (Wildman–Crippen MR) is 78.7 cm³/mol. The number of benzene rings is 1. The Bertz CT molecular complexity index is 522. The Labute approximate surface area is 118 Å². The van der Waals surface area contributed by atoms with E-state index >= 15 is 0 Å². The molecule has 3 N–H and O–H groups in total. The molecule has 0 spiro atoms. The van der Waals surface area contributed by atoms with Crippen LogP contribution >= 0.6 is 0 Å². The lowest BCUT2D eigenvalue weighted by Gasteiger charge is -2.21. The first-order valence-corrected chi connectivity index (χ1v) is 6.67. The summed E-state index contributed by atoms with van der Waals surface area (Å²) in [6.07, 6.45) is 4.83. The molecule has 0 aromatic heterocycles. The highest BCUT2D eigenvalue weighted by atomic mass is 16.2. The zero-order valence-corrected chi connectivity index (χ0v) is 11.5. The van der Waals surface area contributed by atoms with E-state index in [0.29, 0.717) is 12.2 Å². The van der Waals surface area contributed by atoms with Crippen LogP contribution < -0.4 is 11.1 Å². The molecule has 0 radical (unpaired) electrons. The van der Waals surface area contributed by atoms with Gasteiger partial charge in [-0.25, -0.2) is 0 Å². The van der Waals surface area contributed by atoms with Gasteiger partial charge in [0.15, 0.2) is 0 Å². The third kappa shape index (κ3) is 3.17. The molecular formula is C15H19N3O2. The first-order valence-electron chi connectivity index (χ1n) is 6.67. The van der Waals surface area contributed by atoms with Gasteiger partial charge in [0.2, 0.25) is 11.8 Å². The van der Waals surface area contributed by atoms with Crippen molar-refractivity contribution in [3.05, 3.63) is 35.9 Å². The predicted octanol–water partition coefficient (Wildman–Crippen LogP) is 1.02. The van der Waals surface area contributed by atoms with Crippen molar-refractivity contribution < 1.29 is 9.59 Å². The Hall–Kier alpha value is -2.30. The normalized spacial score (nSPS) is 18.4. The topological polar surface area (TPSA) is 75.4 Å². The van der Waals surface area contributed by atoms with Gasteiger partial charge in [0, 0.05) is 25.4 Å². The van der Waals surface area contributed by atoms with E-state index in [1.165, 1.54) is 6.08 Å². The van der Waals surface area contributed by atoms with E-state index in [1.807, 2.05) is 12.1 Å². The molecule has 1 saturated heterocycles. The molecule has 106 valence electrons. The van der Waals surface area contributed by atoms with Crippen LogP contribution in [-0.4, -0.2) is 36.3 Å². The second-order valence-electron chi connectivity index (χ2n) is 4.80. The van der Waals surface area contributed by atoms with Crippen LogP contribution in [-0.2, 0) is 9.59 Å². The van der Waals surface area contributed by atoms with E-state index in [1.54, 1.807) is 30.2 Å². The standard InChI is InChI=1S/C15H19N3O2/c1-17-15(20)13-3-2-10-18(13)14(19)9-6-11-4-7-12(16)8-5-11/h4-9,13H,2-3,10,16H2,1H3,(H,17,20)/b9-6+. The zero-order chi connectivity index (χ0) is 14.5. The zero-order valence-electron chi connectivity index (χ0n) is 11.5. The lowest BCUT2D eigenvalue weighted by Crippen LogP contribution is -2.44. The van der Waals surface area contributed by atoms with Crippen LogP contribution in [0.15, 0.2) is 30.3 Å². The highest BCUT2D eigenvalue weighted by Crippen LogP contribution is 2.18. The maximum absolute atomic E-state index is 12.2. The van der Waals surface area contributed by atoms with Crippen molar-refractivity contribution in [2.45, 2.75) is 18.9 Å². The van der Waals surface area contributed by atoms with Crippen LogP contribution in [0.4, 0.5) is 5.69 Å². The van der Waals surface area contributed by atoms with Crippen molar-refractivity contribution in [2.24, 2.45) is 0 Å². The first kappa shape index (κ1) is 14.1. The number of hydrogen-bond donors (Lipinski definition) is 2. The third-order valence-corrected chi connectivity index (χ3v) is 3.44. The lowest BCUT2D eigenvalue weighted by atomic mass is 10.2. The fourth-order valence-electron chi connectivity index (χ4n) is 2.34. The Morgan fingerprint density at radius 2 is 2.05 bits per heavy atom. The molecule has 1 atom stereocenters. The molecule has 1 fully saturated rings. The molecule has 1 unspecified atom stereocenters. The maximum atomic E-state index is 12.2. The van der Waals surface area contributed by atoms with Crippen LogP contribution in [0.1, 0.15) is 18.4 Å². The number of likely N-dealkylation sites (tertiary alicyclic amines) is 1. The number of likely N-dealkylation sites (N-methyl/N-ethyl adjacent to an activating group) is 1. The van der Waals surface area contributed by atoms with Gasteiger partial charge >= 0.3 is 0 Å². The molecule has 2 rings (SSSR count). The average molecular weight is 273 g/mol. The molecule has 1 aliphatic rings. The molecule has 20 heavy (non-hydrogen) atoms. The van der Waals surface area contributed by atoms with Gasteiger partial charge in [-0.15, -0.1) is 0 Å². The minimum Gasteiger partial charge on any atom is -0.399 e. The van der Waals surface area contributed by atoms with Crippen molar-refractivity contribution in [1.29, 1.82) is 0 Å². The highest BCUT2D eigenvalue weighted by molar-refractivity contribution is 5.96. The SMILES string of the molecule is CNC(=O)C1CCCN1C(=O)/C=C/c1ccc(N)cc1. The Morgan fingerprint density at radius 1 is 1.35 bits per heavy atom. The van der Waals surface area contributed by atoms with Crippen LogP contribution in [0.2, 0.25) is 0 Å². The molecular weight excluding hydrogens is 254 g/mol. The quantitative estimate of drug-likeness (QED) is 0.637. The summed E-state index contributed by atoms with van der Waals surface area (Å²) in [4.78, 5) is 25.5. The van der Waals surface area contributed by atoms with Crippen molar-refractivity contribution in [1.82, 2.24) is 10.2 Å². The highest BCUT2D eigenvalue weighted by Gasteiger charge is 2.32. The fraction of sp³-hybridized carbons (Fsp3) is 0.333. The molecule has 2 amide bonds. The van der Waals surface area contributed by atoms with Gasteiger partial charge in [-0.1, -0.05) is 12.1 Å². The maximum Gasteiger partial charge on any atom is 0.247 e. The number of nitrogens with zero attached hydrogens (tertiary/aromatic N) is 1. The van der Waals surface area contributed by atoms with Crippen LogP contribution in [0.5, 0.6) is 0 Å². The second-order valence-corrected chi connectivity index (χ2v) is 4.80. The summed E-state index contributed by atoms with van der Waals surface area (Å²) in [6, 6.07) is 6.92. The number of hydrogen-bond acceptors (Lipinski definition) is 3. The average Bonchev–Trinajstić information content (AvgIpc) is 2.95. The monoisotopic (exact) mass is 273 g/mol. The largest absolute Gasteiger partial charge is 0.399 e. The number of amides is 2. The molecule has 0 saturated carbocycles. The van der Waals surface area contributed by atoms with Crippen molar-refractivity contribution in [2.75, 3.05) is 19.3 Å². The van der Waals surface area contributed by atoms with Gasteiger partial charge in [-0.2, -0.15) is 0 Å². The summed E-state index contributed by atoms with van der Waals surface area (Å²) >= 11 is 0. The number of carbonyl (C=O) groups excluding carboxylic acids is 2. The molecule has 0 aliphatic carbocycles. The van der Waals surface area contributed by atoms with Gasteiger partial charge in [-0.05, 0) is 36.6 Å². The van der Waals surface area contributed by atoms with Crippen molar-refractivity contribution >= 4 is 23.6 Å². The summed E-state index contributed by atoms with van der Waals surface area (Å²) in [5.41, 5.74) is 7.20. The van der Waals surface area contributed by atoms with E-state index in [0.717, 1.165) is 18.4 Å². The summed E-state index contributed by atoms with van der Waals surface area (Å²) in [5.74, 6) is -0.232. The minimum absolute atomic E-state index is 0.100. The molecule has 1 heterocycles. The Kier molecular flexibility index (Phi) is 4.40. The van der Waals surface area contributed by atoms with E-state index in [9.17, 15) is 9.59 Å². The third-order valence-electron chi connectivity index (χ3n) is 3.44. The number of anilines is 1. The van der Waals surface area contributed by atoms with Gasteiger partial charge < -0.3 is 16.0 Å². The number of carbonyl (C=O) groups is 2. The molecule has 1 aliphatic heterocycles. The molecule has 5 heteroatoms. The van der Waals surface area contributed by atoms with Crippen LogP contribution in [0.25, 0.3) is 6.08 Å². The summed E-state index contributed by atoms with van der Waals surface area (Å²) in [7, 11) is 1.59. The van der Waals surface area contributed by atoms with Crippen molar-refractivity contribution in [3.8, 4) is 0 Å². The second kappa shape index (κ2) is 6.23. The molecule has 1 aromatic carbocycles. The van der Waals surface area contributed by atoms with E-state index in [2.05, 4.69) is 5.32 Å². The lowest BCUT2D eigenvalue weighted by molar-refractivity contribution is -0.134. The van der Waals surface area contributed by atoms with E-state index < -0.39 is 0 Å². The van der Waals surface area contributed by atoms with Gasteiger partial charge in [-0.3, -0.25) is 9.59 Å². The van der Waals surface area contributed by atoms with Gasteiger partial charge in [0.1, 0.15) is 6.04 Å². The van der Waals surface area contributed by atoms with Crippen LogP contribution in [0, 0.1) is 0 Å². The Balaban J connectivity index is 2.04. The molecule has 1 aromatic rings. The van der Waals surface area contributed by atoms with Crippen LogP contribution in [0.3, 0.4) is 0 Å². The molecule has 5 nitrogen and oxygen atoms in total. The number of nitrogens with one attached hydrogen (secondary N) is 1. The minimum atomic E-state index is -0.344. The van der Waals surface area contributed by atoms with Gasteiger partial charge in [0.25, 0.3) is 0 Å². The fourth-order valence-corrected chi connectivity index (χ4v) is 2.34. The van der Waals surface area contributed by atoms with Crippen molar-refractivity contribution in [3.63, 3.8) is 0 Å². The van der Waals surface area contributed by atoms with E-state index in [-0.39, 0.29) is 17.9 Å². The number of nitrogen functional groups attached to an aromatic ring is 1. The summed E-state index contributed by atoms with van der Waals surface area (Å²) in [5, 5.41) is 2.60. The summed E-state index contributed by atoms with van der Waals surface area (Å²) < 4.78 is 0. The smallest absolute Gasteiger partial charge is 0.247 e.